The quantitative estimate of drug-likeness (QED) is 0.0177. The van der Waals surface area contributed by atoms with E-state index in [2.05, 4.69) is 83.8 Å². The molecular weight excluding hydrogens is 1440 g/mol. The summed E-state index contributed by atoms with van der Waals surface area (Å²) in [6, 6.07) is -8.19. The van der Waals surface area contributed by atoms with Crippen LogP contribution in [0.15, 0.2) is 50.3 Å². The monoisotopic (exact) mass is 1540 g/mol. The van der Waals surface area contributed by atoms with Gasteiger partial charge >= 0.3 is 5.97 Å². The maximum Gasteiger partial charge on any atom is 0.305 e. The summed E-state index contributed by atoms with van der Waals surface area (Å²) in [5.41, 5.74) is 56.8. The second-order valence-electron chi connectivity index (χ2n) is 25.6. The third-order valence-corrected chi connectivity index (χ3v) is 19.4. The van der Waals surface area contributed by atoms with Gasteiger partial charge in [0.15, 0.2) is 23.8 Å². The lowest BCUT2D eigenvalue weighted by Crippen LogP contribution is -2.61. The van der Waals surface area contributed by atoms with Crippen molar-refractivity contribution in [2.75, 3.05) is 50.8 Å². The number of carboxylic acid groups (broad SMARTS) is 1. The summed E-state index contributed by atoms with van der Waals surface area (Å²) >= 11 is 0. The van der Waals surface area contributed by atoms with E-state index in [1.807, 2.05) is 0 Å². The zero-order chi connectivity index (χ0) is 79.7. The Labute approximate surface area is 627 Å². The van der Waals surface area contributed by atoms with E-state index in [9.17, 15) is 72.2 Å². The number of rotatable bonds is 26. The molecule has 1 aromatic rings. The highest BCUT2D eigenvalue weighted by atomic mass is 33.1. The summed E-state index contributed by atoms with van der Waals surface area (Å²) in [6.07, 6.45) is 1.85. The van der Waals surface area contributed by atoms with Crippen LogP contribution in [0.4, 0.5) is 0 Å². The highest BCUT2D eigenvalue weighted by Gasteiger charge is 2.38. The van der Waals surface area contributed by atoms with E-state index in [-0.39, 0.29) is 126 Å². The molecule has 1 aliphatic heterocycles. The Morgan fingerprint density at radius 1 is 0.533 bits per heavy atom. The maximum absolute atomic E-state index is 14.6. The zero-order valence-electron chi connectivity index (χ0n) is 60.4. The molecule has 0 spiro atoms. The maximum atomic E-state index is 14.6. The van der Waals surface area contributed by atoms with Crippen LogP contribution in [0, 0.1) is 11.8 Å². The van der Waals surface area contributed by atoms with Gasteiger partial charge in [0.1, 0.15) is 60.4 Å². The number of carboxylic acids is 1. The second kappa shape index (κ2) is 48.6. The molecule has 13 amide bonds. The number of benzene rings is 1. The Kier molecular flexibility index (Phi) is 41.2. The number of nitrogens with one attached hydrogen (secondary N) is 12. The van der Waals surface area contributed by atoms with Gasteiger partial charge in [-0.2, -0.15) is 0 Å². The van der Waals surface area contributed by atoms with Gasteiger partial charge in [-0.1, -0.05) is 91.5 Å². The minimum absolute atomic E-state index is 0.00897. The fourth-order valence-corrected chi connectivity index (χ4v) is 13.2. The van der Waals surface area contributed by atoms with Gasteiger partial charge in [0, 0.05) is 44.1 Å². The first-order chi connectivity index (χ1) is 50.7. The highest BCUT2D eigenvalue weighted by molar-refractivity contribution is 8.76. The van der Waals surface area contributed by atoms with Crippen LogP contribution in [0.25, 0.3) is 0 Å². The fraction of sp³-hybridized carbons (Fsp3) is 0.625. The third kappa shape index (κ3) is 35.9. The van der Waals surface area contributed by atoms with E-state index >= 15 is 0 Å². The molecule has 2 fully saturated rings. The molecule has 0 aromatic heterocycles. The summed E-state index contributed by atoms with van der Waals surface area (Å²) in [5.74, 6) is -16.9. The van der Waals surface area contributed by atoms with Gasteiger partial charge in [-0.05, 0) is 88.5 Å². The Bertz CT molecular complexity index is 3300. The first kappa shape index (κ1) is 90.8. The van der Waals surface area contributed by atoms with Crippen LogP contribution in [-0.2, 0) is 73.5 Å². The number of aliphatic carboxylic acids is 1. The molecule has 33 N–H and O–H groups in total. The number of carbonyl (C=O) groups excluding carboxylic acids is 13. The van der Waals surface area contributed by atoms with E-state index < -0.39 is 181 Å². The number of carbonyl (C=O) groups is 14. The number of hydrogen-bond acceptors (Lipinski definition) is 21. The third-order valence-electron chi connectivity index (χ3n) is 16.9. The van der Waals surface area contributed by atoms with Gasteiger partial charge in [-0.25, -0.2) is 0 Å². The van der Waals surface area contributed by atoms with Crippen LogP contribution < -0.4 is 121 Å². The summed E-state index contributed by atoms with van der Waals surface area (Å²) in [6.45, 7) is 2.91. The number of nitrogens with zero attached hydrogens (tertiary/aromatic N) is 4. The van der Waals surface area contributed by atoms with Crippen LogP contribution >= 0.6 is 21.6 Å². The van der Waals surface area contributed by atoms with E-state index in [4.69, 9.17) is 57.3 Å². The van der Waals surface area contributed by atoms with Crippen LogP contribution in [0.1, 0.15) is 123 Å². The smallest absolute Gasteiger partial charge is 0.305 e. The standard InChI is InChI=1S/C64H108N26O15S2/c1-4-33(2)48-60(105)86-42(28-47(93)94)57(102)83-39(21-13-25-77-63(71)72)53(98)81-34(3)51(96)85-41(27-35-15-7-5-8-16-35)56(101)84-40(22-14-26-78-64(73)74)54(99)87-43(50(66)95)31-106-107-32-44(88-52(97)37(65)19-11-23-75-61(67)68)58(103)90-49(36-17-9-6-10-18-36)59(104)80-29-45(91)79-30-46(92)82-38(55(100)89-48)20-12-24-76-62(69)70/h5,7-8,15-16,33-34,36-44,48-49H,4,6,9-14,17-32,65H2,1-3H3,(H2,66,95)(H,79,91)(H,80,104)(H,81,98)(H,82,92)(H,83,102)(H,84,101)(H,85,96)(H,86,105)(H,87,99)(H,88,97)(H,89,100)(H,90,103)(H,93,94)(H4,67,68,75)(H4,69,70,76)(H4,71,72,77)(H4,73,74,78)/t33-,34+,37+,38+,39-,40+,41-,42+,43+,44+,48-,49+/m0/s1. The average molecular weight is 1550 g/mol. The van der Waals surface area contributed by atoms with Crippen molar-refractivity contribution in [1.82, 2.24) is 63.8 Å². The lowest BCUT2D eigenvalue weighted by molar-refractivity contribution is -0.142. The molecule has 43 heteroatoms. The number of hydrogen-bond donors (Lipinski definition) is 23. The summed E-state index contributed by atoms with van der Waals surface area (Å²) < 4.78 is 0. The Morgan fingerprint density at radius 3 is 1.54 bits per heavy atom. The van der Waals surface area contributed by atoms with E-state index in [1.54, 1.807) is 44.2 Å². The molecule has 1 aliphatic carbocycles. The van der Waals surface area contributed by atoms with Gasteiger partial charge in [-0.3, -0.25) is 87.1 Å². The second-order valence-corrected chi connectivity index (χ2v) is 28.2. The molecule has 41 nitrogen and oxygen atoms in total. The Hall–Kier alpha value is -10.5. The molecule has 3 rings (SSSR count). The molecule has 0 radical (unpaired) electrons. The normalized spacial score (nSPS) is 23.8. The summed E-state index contributed by atoms with van der Waals surface area (Å²) in [7, 11) is 1.89. The topological polar surface area (TPSA) is 713 Å². The van der Waals surface area contributed by atoms with E-state index in [0.29, 0.717) is 31.2 Å². The van der Waals surface area contributed by atoms with Crippen molar-refractivity contribution >= 4 is 128 Å². The van der Waals surface area contributed by atoms with E-state index in [1.165, 1.54) is 6.92 Å². The number of guanidine groups is 4. The molecule has 1 saturated heterocycles. The number of aliphatic imine (C=N–C) groups is 4. The van der Waals surface area contributed by atoms with Crippen LogP contribution in [0.2, 0.25) is 0 Å². The van der Waals surface area contributed by atoms with Crippen molar-refractivity contribution in [1.29, 1.82) is 0 Å². The lowest BCUT2D eigenvalue weighted by Gasteiger charge is -2.31. The molecule has 1 heterocycles. The minimum atomic E-state index is -1.95. The number of amides is 13. The molecule has 1 saturated carbocycles. The molecule has 12 atom stereocenters. The van der Waals surface area contributed by atoms with Crippen molar-refractivity contribution in [2.24, 2.45) is 89.1 Å². The predicted octanol–water partition coefficient (Wildman–Crippen LogP) is -8.15. The molecule has 107 heavy (non-hydrogen) atoms. The molecular formula is C64H108N26O15S2. The van der Waals surface area contributed by atoms with E-state index in [0.717, 1.165) is 28.0 Å². The molecule has 596 valence electrons. The van der Waals surface area contributed by atoms with Crippen molar-refractivity contribution < 1.29 is 72.2 Å². The molecule has 1 aromatic carbocycles. The van der Waals surface area contributed by atoms with Crippen LogP contribution in [0.5, 0.6) is 0 Å². The van der Waals surface area contributed by atoms with Gasteiger partial charge < -0.3 is 126 Å². The van der Waals surface area contributed by atoms with Gasteiger partial charge in [0.05, 0.1) is 25.6 Å². The first-order valence-electron chi connectivity index (χ1n) is 35.0. The number of nitrogens with two attached hydrogens (primary N) is 10. The predicted molar refractivity (Wildman–Crippen MR) is 401 cm³/mol. The van der Waals surface area contributed by atoms with Crippen LogP contribution in [-0.4, -0.2) is 229 Å². The van der Waals surface area contributed by atoms with Gasteiger partial charge in [0.25, 0.3) is 0 Å². The molecule has 0 bridgehead atoms. The van der Waals surface area contributed by atoms with Crippen molar-refractivity contribution in [2.45, 2.75) is 190 Å². The number of primary amides is 1. The minimum Gasteiger partial charge on any atom is -0.481 e. The zero-order valence-corrected chi connectivity index (χ0v) is 62.0. The van der Waals surface area contributed by atoms with Crippen molar-refractivity contribution in [3.8, 4) is 0 Å². The average Bonchev–Trinajstić information content (AvgIpc) is 0.855. The summed E-state index contributed by atoms with van der Waals surface area (Å²) in [5, 5.41) is 40.5. The largest absolute Gasteiger partial charge is 0.481 e. The highest BCUT2D eigenvalue weighted by Crippen LogP contribution is 2.28. The molecule has 2 aliphatic rings. The Balaban J connectivity index is 2.22. The first-order valence-corrected chi connectivity index (χ1v) is 37.5. The van der Waals surface area contributed by atoms with Gasteiger partial charge in [-0.15, -0.1) is 0 Å². The SMILES string of the molecule is CC[C@H](C)[C@@H]1NC(=O)[C@@H](CCCN=C(N)N)NC(=O)CNC(=O)CNC(=O)[C@@H](C2CCCCC2)NC(=O)[C@H](NC(=O)[C@H](N)CCCN=C(N)N)CSSC[C@H](C(N)=O)NC(=O)[C@@H](CCCN=C(N)N)NC(=O)[C@H](Cc2ccccc2)NC(=O)[C@@H](C)NC(=O)[C@H](CCCN=C(N)N)NC(=O)[C@@H](CC(=O)O)NC1=O. The molecule has 0 unspecified atom stereocenters. The van der Waals surface area contributed by atoms with Gasteiger partial charge in [0.2, 0.25) is 76.8 Å². The fourth-order valence-electron chi connectivity index (χ4n) is 10.9. The van der Waals surface area contributed by atoms with Crippen molar-refractivity contribution in [3.63, 3.8) is 0 Å². The van der Waals surface area contributed by atoms with Crippen molar-refractivity contribution in [3.05, 3.63) is 35.9 Å². The lowest BCUT2D eigenvalue weighted by atomic mass is 9.83. The summed E-state index contributed by atoms with van der Waals surface area (Å²) in [4.78, 5) is 212. The Morgan fingerprint density at radius 2 is 1.01 bits per heavy atom. The van der Waals surface area contributed by atoms with Crippen LogP contribution in [0.3, 0.4) is 0 Å².